The molecule has 2 atom stereocenters. The summed E-state index contributed by atoms with van der Waals surface area (Å²) in [6.07, 6.45) is 1.48. The molecule has 0 spiro atoms. The van der Waals surface area contributed by atoms with E-state index in [-0.39, 0.29) is 13.2 Å². The van der Waals surface area contributed by atoms with Crippen molar-refractivity contribution in [2.24, 2.45) is 0 Å². The summed E-state index contributed by atoms with van der Waals surface area (Å²) in [6.45, 7) is 0.207. The summed E-state index contributed by atoms with van der Waals surface area (Å²) in [6, 6.07) is 18.3. The van der Waals surface area contributed by atoms with Crippen molar-refractivity contribution in [2.75, 3.05) is 13.2 Å². The molecule has 24 heavy (non-hydrogen) atoms. The van der Waals surface area contributed by atoms with Gasteiger partial charge in [0.15, 0.2) is 6.10 Å². The Balaban J connectivity index is 1.85. The molecule has 0 fully saturated rings. The Hall–Kier alpha value is -2.70. The van der Waals surface area contributed by atoms with Crippen molar-refractivity contribution >= 4 is 6.08 Å². The van der Waals surface area contributed by atoms with Crippen LogP contribution in [0.1, 0.15) is 17.2 Å². The first-order chi connectivity index (χ1) is 11.7. The molecule has 126 valence electrons. The highest BCUT2D eigenvalue weighted by Gasteiger charge is 2.25. The Kier molecular flexibility index (Phi) is 6.94. The summed E-state index contributed by atoms with van der Waals surface area (Å²) >= 11 is 0. The fraction of sp³-hybridized carbons (Fsp3) is 0.222. The number of ether oxygens (including phenoxy) is 1. The molecule has 0 aliphatic heterocycles. The molecular formula is C18H19NO5. The molecule has 0 aromatic heterocycles. The normalized spacial score (nSPS) is 13.5. The van der Waals surface area contributed by atoms with Crippen molar-refractivity contribution in [3.63, 3.8) is 0 Å². The first-order valence-electron chi connectivity index (χ1n) is 7.50. The predicted molar refractivity (Wildman–Crippen MR) is 89.6 cm³/mol. The van der Waals surface area contributed by atoms with Gasteiger partial charge in [-0.15, -0.1) is 10.1 Å². The number of nitrogens with zero attached hydrogens (tertiary/aromatic N) is 1. The molecular weight excluding hydrogens is 310 g/mol. The van der Waals surface area contributed by atoms with Crippen LogP contribution in [0.25, 0.3) is 6.08 Å². The second-order valence-electron chi connectivity index (χ2n) is 5.08. The molecule has 0 amide bonds. The summed E-state index contributed by atoms with van der Waals surface area (Å²) in [7, 11) is 0. The standard InChI is InChI=1S/C18H19NO5/c20-17(14-23-13-7-10-15-8-3-1-4-9-15)18(24-19(21)22)16-11-5-2-6-12-16/h1-12,17-18,20H,13-14H2/b10-7+/t17-,18-/m1/s1. The minimum Gasteiger partial charge on any atom is -0.388 e. The van der Waals surface area contributed by atoms with E-state index in [9.17, 15) is 15.2 Å². The highest BCUT2D eigenvalue weighted by Crippen LogP contribution is 2.21. The Morgan fingerprint density at radius 1 is 1.08 bits per heavy atom. The number of hydrogen-bond acceptors (Lipinski definition) is 5. The first kappa shape index (κ1) is 17.7. The first-order valence-corrected chi connectivity index (χ1v) is 7.50. The molecule has 0 saturated heterocycles. The smallest absolute Gasteiger partial charge is 0.295 e. The molecule has 6 nitrogen and oxygen atoms in total. The minimum atomic E-state index is -1.15. The lowest BCUT2D eigenvalue weighted by Crippen LogP contribution is -2.28. The minimum absolute atomic E-state index is 0.0769. The molecule has 0 heterocycles. The van der Waals surface area contributed by atoms with Gasteiger partial charge in [0.1, 0.15) is 6.10 Å². The van der Waals surface area contributed by atoms with Gasteiger partial charge in [-0.3, -0.25) is 0 Å². The maximum Gasteiger partial charge on any atom is 0.295 e. The van der Waals surface area contributed by atoms with E-state index in [0.717, 1.165) is 5.56 Å². The molecule has 0 bridgehead atoms. The van der Waals surface area contributed by atoms with Gasteiger partial charge in [-0.1, -0.05) is 72.8 Å². The van der Waals surface area contributed by atoms with Crippen molar-refractivity contribution in [1.29, 1.82) is 0 Å². The van der Waals surface area contributed by atoms with Gasteiger partial charge in [0.05, 0.1) is 13.2 Å². The van der Waals surface area contributed by atoms with Gasteiger partial charge < -0.3 is 14.7 Å². The van der Waals surface area contributed by atoms with Crippen molar-refractivity contribution in [2.45, 2.75) is 12.2 Å². The predicted octanol–water partition coefficient (Wildman–Crippen LogP) is 3.03. The van der Waals surface area contributed by atoms with Crippen LogP contribution in [0.3, 0.4) is 0 Å². The van der Waals surface area contributed by atoms with Crippen LogP contribution in [0.15, 0.2) is 66.7 Å². The quantitative estimate of drug-likeness (QED) is 0.434. The number of rotatable bonds is 9. The average Bonchev–Trinajstić information content (AvgIpc) is 2.60. The Bertz CT molecular complexity index is 645. The van der Waals surface area contributed by atoms with Crippen molar-refractivity contribution < 1.29 is 19.8 Å². The monoisotopic (exact) mass is 329 g/mol. The lowest BCUT2D eigenvalue weighted by atomic mass is 10.1. The molecule has 0 unspecified atom stereocenters. The number of aliphatic hydroxyl groups is 1. The van der Waals surface area contributed by atoms with Crippen LogP contribution in [0.4, 0.5) is 0 Å². The van der Waals surface area contributed by atoms with Crippen LogP contribution in [0, 0.1) is 10.1 Å². The summed E-state index contributed by atoms with van der Waals surface area (Å²) in [5.41, 5.74) is 1.56. The lowest BCUT2D eigenvalue weighted by Gasteiger charge is -2.21. The summed E-state index contributed by atoms with van der Waals surface area (Å²) < 4.78 is 5.36. The molecule has 1 N–H and O–H groups in total. The third-order valence-corrected chi connectivity index (χ3v) is 3.29. The Morgan fingerprint density at radius 2 is 1.71 bits per heavy atom. The van der Waals surface area contributed by atoms with E-state index < -0.39 is 17.3 Å². The van der Waals surface area contributed by atoms with Crippen LogP contribution in [0.5, 0.6) is 0 Å². The third-order valence-electron chi connectivity index (χ3n) is 3.29. The maximum absolute atomic E-state index is 10.6. The van der Waals surface area contributed by atoms with E-state index in [2.05, 4.69) is 4.84 Å². The molecule has 0 radical (unpaired) electrons. The molecule has 2 rings (SSSR count). The van der Waals surface area contributed by atoms with E-state index in [0.29, 0.717) is 5.56 Å². The lowest BCUT2D eigenvalue weighted by molar-refractivity contribution is -0.773. The summed E-state index contributed by atoms with van der Waals surface area (Å²) in [4.78, 5) is 15.2. The molecule has 2 aromatic rings. The van der Waals surface area contributed by atoms with E-state index in [4.69, 9.17) is 4.74 Å². The number of aliphatic hydroxyl groups excluding tert-OH is 1. The Labute approximate surface area is 140 Å². The summed E-state index contributed by atoms with van der Waals surface area (Å²) in [5.74, 6) is 0. The zero-order valence-corrected chi connectivity index (χ0v) is 13.0. The van der Waals surface area contributed by atoms with Crippen molar-refractivity contribution in [1.82, 2.24) is 0 Å². The summed E-state index contributed by atoms with van der Waals surface area (Å²) in [5, 5.41) is 19.9. The van der Waals surface area contributed by atoms with Crippen LogP contribution in [-0.2, 0) is 9.57 Å². The molecule has 0 aliphatic rings. The van der Waals surface area contributed by atoms with Gasteiger partial charge in [0, 0.05) is 0 Å². The second-order valence-corrected chi connectivity index (χ2v) is 5.08. The van der Waals surface area contributed by atoms with Crippen LogP contribution in [0.2, 0.25) is 0 Å². The van der Waals surface area contributed by atoms with Gasteiger partial charge in [-0.05, 0) is 11.1 Å². The van der Waals surface area contributed by atoms with Gasteiger partial charge in [0.2, 0.25) is 0 Å². The van der Waals surface area contributed by atoms with Gasteiger partial charge in [-0.25, -0.2) is 0 Å². The maximum atomic E-state index is 10.6. The van der Waals surface area contributed by atoms with Crippen molar-refractivity contribution in [3.8, 4) is 0 Å². The van der Waals surface area contributed by atoms with E-state index in [1.807, 2.05) is 42.5 Å². The third kappa shape index (κ3) is 5.83. The van der Waals surface area contributed by atoms with E-state index in [1.54, 1.807) is 30.3 Å². The largest absolute Gasteiger partial charge is 0.388 e. The van der Waals surface area contributed by atoms with E-state index in [1.165, 1.54) is 0 Å². The molecule has 0 aliphatic carbocycles. The average molecular weight is 329 g/mol. The fourth-order valence-electron chi connectivity index (χ4n) is 2.18. The zero-order chi connectivity index (χ0) is 17.2. The van der Waals surface area contributed by atoms with E-state index >= 15 is 0 Å². The number of hydrogen-bond donors (Lipinski definition) is 1. The highest BCUT2D eigenvalue weighted by molar-refractivity contribution is 5.48. The zero-order valence-electron chi connectivity index (χ0n) is 13.0. The fourth-order valence-corrected chi connectivity index (χ4v) is 2.18. The van der Waals surface area contributed by atoms with Crippen LogP contribution >= 0.6 is 0 Å². The van der Waals surface area contributed by atoms with Gasteiger partial charge in [0.25, 0.3) is 5.09 Å². The number of benzene rings is 2. The Morgan fingerprint density at radius 3 is 2.33 bits per heavy atom. The van der Waals surface area contributed by atoms with Crippen LogP contribution in [-0.4, -0.2) is 29.5 Å². The molecule has 2 aromatic carbocycles. The SMILES string of the molecule is O=[N+]([O-])O[C@H](c1ccccc1)[C@H](O)COC/C=C/c1ccccc1. The second kappa shape index (κ2) is 9.44. The molecule has 0 saturated carbocycles. The molecule has 6 heteroatoms. The van der Waals surface area contributed by atoms with Crippen LogP contribution < -0.4 is 0 Å². The topological polar surface area (TPSA) is 81.8 Å². The van der Waals surface area contributed by atoms with Gasteiger partial charge >= 0.3 is 0 Å². The highest BCUT2D eigenvalue weighted by atomic mass is 17.0. The van der Waals surface area contributed by atoms with Crippen molar-refractivity contribution in [3.05, 3.63) is 88.0 Å². The van der Waals surface area contributed by atoms with Gasteiger partial charge in [-0.2, -0.15) is 0 Å².